The molecular formula is C21H24N2O4. The molecule has 2 aromatic carbocycles. The maximum absolute atomic E-state index is 12.6. The second-order valence-corrected chi connectivity index (χ2v) is 6.83. The van der Waals surface area contributed by atoms with Crippen LogP contribution in [-0.2, 0) is 11.3 Å². The van der Waals surface area contributed by atoms with Gasteiger partial charge < -0.3 is 19.6 Å². The Kier molecular flexibility index (Phi) is 5.64. The van der Waals surface area contributed by atoms with Crippen molar-refractivity contribution in [2.24, 2.45) is 0 Å². The number of carbonyl (C=O) groups is 2. The molecule has 1 heterocycles. The van der Waals surface area contributed by atoms with Gasteiger partial charge in [0.05, 0.1) is 5.56 Å². The Labute approximate surface area is 159 Å². The Morgan fingerprint density at radius 2 is 1.89 bits per heavy atom. The first-order valence-electron chi connectivity index (χ1n) is 9.02. The van der Waals surface area contributed by atoms with Crippen LogP contribution in [-0.4, -0.2) is 47.7 Å². The van der Waals surface area contributed by atoms with Crippen molar-refractivity contribution in [2.45, 2.75) is 26.5 Å². The first-order valence-corrected chi connectivity index (χ1v) is 9.02. The van der Waals surface area contributed by atoms with Crippen molar-refractivity contribution < 1.29 is 19.4 Å². The molecular weight excluding hydrogens is 344 g/mol. The van der Waals surface area contributed by atoms with Gasteiger partial charge in [0.25, 0.3) is 0 Å². The number of rotatable bonds is 4. The van der Waals surface area contributed by atoms with E-state index >= 15 is 0 Å². The molecule has 0 aliphatic carbocycles. The summed E-state index contributed by atoms with van der Waals surface area (Å²) in [5.74, 6) is -0.352. The molecule has 1 amide bonds. The molecule has 2 aromatic rings. The average molecular weight is 368 g/mol. The number of carboxylic acid groups (broad SMARTS) is 1. The number of amides is 1. The first kappa shape index (κ1) is 18.8. The van der Waals surface area contributed by atoms with Crippen LogP contribution in [0.25, 0.3) is 0 Å². The monoisotopic (exact) mass is 368 g/mol. The summed E-state index contributed by atoms with van der Waals surface area (Å²) in [4.78, 5) is 27.3. The maximum atomic E-state index is 12.6. The Hall–Kier alpha value is -3.02. The summed E-state index contributed by atoms with van der Waals surface area (Å²) in [6.45, 7) is 5.58. The molecule has 0 bridgehead atoms. The van der Waals surface area contributed by atoms with Gasteiger partial charge >= 0.3 is 12.1 Å². The van der Waals surface area contributed by atoms with E-state index in [1.165, 1.54) is 4.90 Å². The fraction of sp³-hybridized carbons (Fsp3) is 0.333. The Morgan fingerprint density at radius 3 is 2.56 bits per heavy atom. The number of esters is 1. The molecule has 1 N–H and O–H groups in total. The summed E-state index contributed by atoms with van der Waals surface area (Å²) < 4.78 is 5.47. The highest BCUT2D eigenvalue weighted by Gasteiger charge is 2.27. The van der Waals surface area contributed by atoms with Gasteiger partial charge in [0, 0.05) is 31.4 Å². The van der Waals surface area contributed by atoms with Gasteiger partial charge in [-0.25, -0.2) is 9.59 Å². The third kappa shape index (κ3) is 4.39. The lowest BCUT2D eigenvalue weighted by molar-refractivity contribution is 0.0472. The van der Waals surface area contributed by atoms with Crippen molar-refractivity contribution in [2.75, 3.05) is 24.5 Å². The highest BCUT2D eigenvalue weighted by molar-refractivity contribution is 5.92. The van der Waals surface area contributed by atoms with Crippen LogP contribution in [0.3, 0.4) is 0 Å². The zero-order valence-electron chi connectivity index (χ0n) is 15.6. The predicted octanol–water partition coefficient (Wildman–Crippen LogP) is 3.54. The second kappa shape index (κ2) is 8.12. The molecule has 1 atom stereocenters. The van der Waals surface area contributed by atoms with Crippen molar-refractivity contribution in [1.82, 2.24) is 4.90 Å². The molecule has 0 saturated carbocycles. The normalized spacial score (nSPS) is 16.9. The lowest BCUT2D eigenvalue weighted by Crippen LogP contribution is -2.53. The molecule has 1 aliphatic rings. The topological polar surface area (TPSA) is 70.1 Å². The number of nitrogens with zero attached hydrogens (tertiary/aromatic N) is 2. The van der Waals surface area contributed by atoms with Crippen LogP contribution in [0.15, 0.2) is 48.5 Å². The highest BCUT2D eigenvalue weighted by Crippen LogP contribution is 2.24. The quantitative estimate of drug-likeness (QED) is 0.836. The number of ether oxygens (including phenoxy) is 1. The molecule has 1 aliphatic heterocycles. The van der Waals surface area contributed by atoms with Crippen molar-refractivity contribution in [3.63, 3.8) is 0 Å². The number of piperazine rings is 1. The average Bonchev–Trinajstić information content (AvgIpc) is 2.67. The molecule has 6 nitrogen and oxygen atoms in total. The third-order valence-corrected chi connectivity index (χ3v) is 4.88. The first-order chi connectivity index (χ1) is 13.0. The Bertz CT molecular complexity index is 822. The van der Waals surface area contributed by atoms with E-state index in [1.807, 2.05) is 62.4 Å². The molecule has 3 rings (SSSR count). The van der Waals surface area contributed by atoms with Crippen molar-refractivity contribution >= 4 is 17.7 Å². The number of carbonyl (C=O) groups excluding carboxylic acids is 1. The van der Waals surface area contributed by atoms with Crippen LogP contribution in [0.2, 0.25) is 0 Å². The third-order valence-electron chi connectivity index (χ3n) is 4.88. The lowest BCUT2D eigenvalue weighted by atomic mass is 10.1. The number of benzene rings is 2. The summed E-state index contributed by atoms with van der Waals surface area (Å²) in [6.07, 6.45) is -0.893. The van der Waals surface area contributed by atoms with E-state index in [2.05, 4.69) is 4.90 Å². The van der Waals surface area contributed by atoms with E-state index in [0.717, 1.165) is 16.8 Å². The van der Waals surface area contributed by atoms with Crippen LogP contribution >= 0.6 is 0 Å². The van der Waals surface area contributed by atoms with Gasteiger partial charge in [-0.3, -0.25) is 0 Å². The van der Waals surface area contributed by atoms with E-state index in [1.54, 1.807) is 0 Å². The fourth-order valence-electron chi connectivity index (χ4n) is 3.32. The van der Waals surface area contributed by atoms with Crippen molar-refractivity contribution in [3.05, 3.63) is 65.2 Å². The molecule has 142 valence electrons. The van der Waals surface area contributed by atoms with Gasteiger partial charge in [-0.1, -0.05) is 36.4 Å². The summed E-state index contributed by atoms with van der Waals surface area (Å²) in [5, 5.41) is 9.17. The molecule has 1 saturated heterocycles. The molecule has 1 fully saturated rings. The van der Waals surface area contributed by atoms with E-state index in [-0.39, 0.29) is 18.6 Å². The fourth-order valence-corrected chi connectivity index (χ4v) is 3.32. The number of hydrogen-bond donors (Lipinski definition) is 1. The van der Waals surface area contributed by atoms with Crippen LogP contribution in [0.5, 0.6) is 0 Å². The van der Waals surface area contributed by atoms with Crippen molar-refractivity contribution in [3.8, 4) is 0 Å². The van der Waals surface area contributed by atoms with Crippen LogP contribution in [0, 0.1) is 6.92 Å². The summed E-state index contributed by atoms with van der Waals surface area (Å²) in [6, 6.07) is 15.3. The van der Waals surface area contributed by atoms with Gasteiger partial charge in [-0.15, -0.1) is 0 Å². The van der Waals surface area contributed by atoms with Gasteiger partial charge in [0.2, 0.25) is 0 Å². The summed E-state index contributed by atoms with van der Waals surface area (Å²) >= 11 is 0. The largest absolute Gasteiger partial charge is 0.465 e. The van der Waals surface area contributed by atoms with E-state index in [4.69, 9.17) is 9.84 Å². The van der Waals surface area contributed by atoms with Crippen LogP contribution < -0.4 is 4.90 Å². The highest BCUT2D eigenvalue weighted by atomic mass is 16.5. The number of aryl methyl sites for hydroxylation is 1. The van der Waals surface area contributed by atoms with Gasteiger partial charge in [0.15, 0.2) is 0 Å². The minimum Gasteiger partial charge on any atom is -0.465 e. The SMILES string of the molecule is Cc1ccc(N2CCN(C(=O)O)CC2C)cc1C(=O)OCc1ccccc1. The minimum atomic E-state index is -0.893. The standard InChI is InChI=1S/C21H24N2O4/c1-15-8-9-18(23-11-10-22(21(25)26)13-16(23)2)12-19(15)20(24)27-14-17-6-4-3-5-7-17/h3-9,12,16H,10-11,13-14H2,1-2H3,(H,25,26). The van der Waals surface area contributed by atoms with Gasteiger partial charge in [0.1, 0.15) is 6.61 Å². The van der Waals surface area contributed by atoms with E-state index in [9.17, 15) is 9.59 Å². The molecule has 0 aromatic heterocycles. The summed E-state index contributed by atoms with van der Waals surface area (Å²) in [5.41, 5.74) is 3.24. The van der Waals surface area contributed by atoms with E-state index in [0.29, 0.717) is 25.2 Å². The summed E-state index contributed by atoms with van der Waals surface area (Å²) in [7, 11) is 0. The zero-order chi connectivity index (χ0) is 19.4. The van der Waals surface area contributed by atoms with Gasteiger partial charge in [-0.05, 0) is 37.1 Å². The lowest BCUT2D eigenvalue weighted by Gasteiger charge is -2.40. The van der Waals surface area contributed by atoms with Crippen molar-refractivity contribution in [1.29, 1.82) is 0 Å². The molecule has 6 heteroatoms. The van der Waals surface area contributed by atoms with Gasteiger partial charge in [-0.2, -0.15) is 0 Å². The molecule has 0 spiro atoms. The second-order valence-electron chi connectivity index (χ2n) is 6.83. The van der Waals surface area contributed by atoms with Crippen LogP contribution in [0.1, 0.15) is 28.4 Å². The Balaban J connectivity index is 1.72. The molecule has 1 unspecified atom stereocenters. The predicted molar refractivity (Wildman–Crippen MR) is 103 cm³/mol. The molecule has 0 radical (unpaired) electrons. The smallest absolute Gasteiger partial charge is 0.407 e. The zero-order valence-corrected chi connectivity index (χ0v) is 15.6. The maximum Gasteiger partial charge on any atom is 0.407 e. The van der Waals surface area contributed by atoms with Crippen LogP contribution in [0.4, 0.5) is 10.5 Å². The number of hydrogen-bond acceptors (Lipinski definition) is 4. The minimum absolute atomic E-state index is 0.0331. The van der Waals surface area contributed by atoms with E-state index < -0.39 is 6.09 Å². The number of anilines is 1. The molecule has 27 heavy (non-hydrogen) atoms. The Morgan fingerprint density at radius 1 is 1.15 bits per heavy atom.